The summed E-state index contributed by atoms with van der Waals surface area (Å²) in [7, 11) is 0. The van der Waals surface area contributed by atoms with Gasteiger partial charge in [0.2, 0.25) is 11.9 Å². The van der Waals surface area contributed by atoms with Crippen LogP contribution in [0.15, 0.2) is 12.1 Å². The Morgan fingerprint density at radius 3 is 2.26 bits per heavy atom. The van der Waals surface area contributed by atoms with E-state index < -0.39 is 0 Å². The van der Waals surface area contributed by atoms with Gasteiger partial charge in [-0.05, 0) is 38.8 Å². The SMILES string of the molecule is Cc1cc(C)c(Nc2nc(C)nc(N3CCOCC3)n2)c(C)c1. The second kappa shape index (κ2) is 6.50. The molecule has 1 N–H and O–H groups in total. The van der Waals surface area contributed by atoms with Gasteiger partial charge in [0.1, 0.15) is 5.82 Å². The number of anilines is 3. The summed E-state index contributed by atoms with van der Waals surface area (Å²) in [5.74, 6) is 2.02. The molecule has 0 unspecified atom stereocenters. The summed E-state index contributed by atoms with van der Waals surface area (Å²) in [5, 5.41) is 3.37. The molecule has 1 saturated heterocycles. The quantitative estimate of drug-likeness (QED) is 0.940. The van der Waals surface area contributed by atoms with E-state index in [0.717, 1.165) is 18.8 Å². The summed E-state index contributed by atoms with van der Waals surface area (Å²) < 4.78 is 5.39. The number of ether oxygens (including phenoxy) is 1. The molecule has 3 rings (SSSR count). The van der Waals surface area contributed by atoms with Crippen molar-refractivity contribution in [2.75, 3.05) is 36.5 Å². The number of hydrogen-bond donors (Lipinski definition) is 1. The average molecular weight is 313 g/mol. The molecule has 6 heteroatoms. The minimum atomic E-state index is 0.592. The van der Waals surface area contributed by atoms with Crippen LogP contribution in [0.2, 0.25) is 0 Å². The van der Waals surface area contributed by atoms with Crippen molar-refractivity contribution in [1.29, 1.82) is 0 Å². The summed E-state index contributed by atoms with van der Waals surface area (Å²) in [6.07, 6.45) is 0. The van der Waals surface area contributed by atoms with Crippen molar-refractivity contribution in [1.82, 2.24) is 15.0 Å². The minimum absolute atomic E-state index is 0.592. The van der Waals surface area contributed by atoms with Gasteiger partial charge < -0.3 is 15.0 Å². The molecule has 1 aliphatic rings. The lowest BCUT2D eigenvalue weighted by atomic mass is 10.1. The first-order chi connectivity index (χ1) is 11.0. The normalized spacial score (nSPS) is 14.9. The molecular formula is C17H23N5O. The van der Waals surface area contributed by atoms with Crippen molar-refractivity contribution in [3.05, 3.63) is 34.6 Å². The lowest BCUT2D eigenvalue weighted by Gasteiger charge is -2.27. The molecular weight excluding hydrogens is 290 g/mol. The summed E-state index contributed by atoms with van der Waals surface area (Å²) in [6.45, 7) is 11.2. The predicted molar refractivity (Wildman–Crippen MR) is 91.5 cm³/mol. The van der Waals surface area contributed by atoms with E-state index in [1.165, 1.54) is 16.7 Å². The third kappa shape index (κ3) is 3.59. The Hall–Kier alpha value is -2.21. The number of morpholine rings is 1. The van der Waals surface area contributed by atoms with E-state index in [2.05, 4.69) is 58.1 Å². The van der Waals surface area contributed by atoms with Crippen LogP contribution >= 0.6 is 0 Å². The van der Waals surface area contributed by atoms with Crippen LogP contribution in [0.4, 0.5) is 17.6 Å². The molecule has 0 bridgehead atoms. The van der Waals surface area contributed by atoms with E-state index in [1.54, 1.807) is 0 Å². The fourth-order valence-electron chi connectivity index (χ4n) is 2.92. The van der Waals surface area contributed by atoms with E-state index in [4.69, 9.17) is 4.74 Å². The van der Waals surface area contributed by atoms with Gasteiger partial charge in [-0.2, -0.15) is 15.0 Å². The molecule has 1 aromatic carbocycles. The van der Waals surface area contributed by atoms with Crippen LogP contribution in [0.1, 0.15) is 22.5 Å². The average Bonchev–Trinajstić information content (AvgIpc) is 2.51. The Morgan fingerprint density at radius 1 is 0.957 bits per heavy atom. The minimum Gasteiger partial charge on any atom is -0.378 e. The van der Waals surface area contributed by atoms with Crippen LogP contribution in [0, 0.1) is 27.7 Å². The number of aryl methyl sites for hydroxylation is 4. The van der Waals surface area contributed by atoms with Gasteiger partial charge >= 0.3 is 0 Å². The highest BCUT2D eigenvalue weighted by Gasteiger charge is 2.16. The first-order valence-electron chi connectivity index (χ1n) is 7.93. The zero-order valence-electron chi connectivity index (χ0n) is 14.2. The molecule has 0 amide bonds. The summed E-state index contributed by atoms with van der Waals surface area (Å²) in [4.78, 5) is 15.6. The molecule has 6 nitrogen and oxygen atoms in total. The summed E-state index contributed by atoms with van der Waals surface area (Å²) in [6, 6.07) is 4.32. The number of benzene rings is 1. The predicted octanol–water partition coefficient (Wildman–Crippen LogP) is 2.69. The first-order valence-corrected chi connectivity index (χ1v) is 7.93. The summed E-state index contributed by atoms with van der Waals surface area (Å²) in [5.41, 5.74) is 4.70. The smallest absolute Gasteiger partial charge is 0.232 e. The third-order valence-corrected chi connectivity index (χ3v) is 3.94. The van der Waals surface area contributed by atoms with Gasteiger partial charge in [0.15, 0.2) is 0 Å². The molecule has 23 heavy (non-hydrogen) atoms. The molecule has 0 spiro atoms. The van der Waals surface area contributed by atoms with Crippen LogP contribution in [0.3, 0.4) is 0 Å². The fourth-order valence-corrected chi connectivity index (χ4v) is 2.92. The molecule has 0 aliphatic carbocycles. The fraction of sp³-hybridized carbons (Fsp3) is 0.471. The summed E-state index contributed by atoms with van der Waals surface area (Å²) >= 11 is 0. The van der Waals surface area contributed by atoms with Crippen molar-refractivity contribution in [3.8, 4) is 0 Å². The van der Waals surface area contributed by atoms with E-state index in [9.17, 15) is 0 Å². The molecule has 1 fully saturated rings. The van der Waals surface area contributed by atoms with Gasteiger partial charge in [-0.1, -0.05) is 17.7 Å². The monoisotopic (exact) mass is 313 g/mol. The number of nitrogens with one attached hydrogen (secondary N) is 1. The molecule has 2 aromatic rings. The maximum Gasteiger partial charge on any atom is 0.232 e. The number of nitrogens with zero attached hydrogens (tertiary/aromatic N) is 4. The highest BCUT2D eigenvalue weighted by molar-refractivity contribution is 5.64. The van der Waals surface area contributed by atoms with Gasteiger partial charge in [0.25, 0.3) is 0 Å². The Kier molecular flexibility index (Phi) is 4.43. The highest BCUT2D eigenvalue weighted by atomic mass is 16.5. The largest absolute Gasteiger partial charge is 0.378 e. The molecule has 1 aliphatic heterocycles. The number of rotatable bonds is 3. The van der Waals surface area contributed by atoms with E-state index in [-0.39, 0.29) is 0 Å². The van der Waals surface area contributed by atoms with Crippen molar-refractivity contribution < 1.29 is 4.74 Å². The van der Waals surface area contributed by atoms with Crippen molar-refractivity contribution in [2.24, 2.45) is 0 Å². The zero-order valence-corrected chi connectivity index (χ0v) is 14.2. The van der Waals surface area contributed by atoms with Crippen LogP contribution < -0.4 is 10.2 Å². The molecule has 0 saturated carbocycles. The molecule has 122 valence electrons. The molecule has 0 radical (unpaired) electrons. The second-order valence-electron chi connectivity index (χ2n) is 6.00. The van der Waals surface area contributed by atoms with Gasteiger partial charge in [-0.3, -0.25) is 0 Å². The van der Waals surface area contributed by atoms with Gasteiger partial charge in [-0.15, -0.1) is 0 Å². The van der Waals surface area contributed by atoms with Crippen LogP contribution in [-0.4, -0.2) is 41.3 Å². The van der Waals surface area contributed by atoms with Gasteiger partial charge in [0.05, 0.1) is 13.2 Å². The topological polar surface area (TPSA) is 63.2 Å². The zero-order chi connectivity index (χ0) is 16.4. The Bertz CT molecular complexity index is 687. The highest BCUT2D eigenvalue weighted by Crippen LogP contribution is 2.25. The van der Waals surface area contributed by atoms with Crippen LogP contribution in [-0.2, 0) is 4.74 Å². The van der Waals surface area contributed by atoms with E-state index >= 15 is 0 Å². The Labute approximate surface area is 136 Å². The molecule has 0 atom stereocenters. The van der Waals surface area contributed by atoms with Gasteiger partial charge in [0, 0.05) is 18.8 Å². The number of hydrogen-bond acceptors (Lipinski definition) is 6. The van der Waals surface area contributed by atoms with E-state index in [0.29, 0.717) is 30.9 Å². The van der Waals surface area contributed by atoms with Crippen molar-refractivity contribution in [2.45, 2.75) is 27.7 Å². The maximum atomic E-state index is 5.39. The molecule has 2 heterocycles. The Morgan fingerprint density at radius 2 is 1.61 bits per heavy atom. The van der Waals surface area contributed by atoms with Crippen LogP contribution in [0.25, 0.3) is 0 Å². The van der Waals surface area contributed by atoms with Gasteiger partial charge in [-0.25, -0.2) is 0 Å². The van der Waals surface area contributed by atoms with E-state index in [1.807, 2.05) is 6.92 Å². The van der Waals surface area contributed by atoms with Crippen LogP contribution in [0.5, 0.6) is 0 Å². The van der Waals surface area contributed by atoms with Crippen molar-refractivity contribution >= 4 is 17.6 Å². The number of aromatic nitrogens is 3. The second-order valence-corrected chi connectivity index (χ2v) is 6.00. The third-order valence-electron chi connectivity index (χ3n) is 3.94. The maximum absolute atomic E-state index is 5.39. The lowest BCUT2D eigenvalue weighted by Crippen LogP contribution is -2.37. The standard InChI is InChI=1S/C17H23N5O/c1-11-9-12(2)15(13(3)10-11)20-16-18-14(4)19-17(21-16)22-5-7-23-8-6-22/h9-10H,5-8H2,1-4H3,(H,18,19,20,21). The van der Waals surface area contributed by atoms with Crippen molar-refractivity contribution in [3.63, 3.8) is 0 Å². The Balaban J connectivity index is 1.90. The first kappa shape index (κ1) is 15.7. The molecule has 1 aromatic heterocycles. The lowest BCUT2D eigenvalue weighted by molar-refractivity contribution is 0.122.